The number of primary sulfonamides is 1. The molecule has 9 nitrogen and oxygen atoms in total. The summed E-state index contributed by atoms with van der Waals surface area (Å²) in [5, 5.41) is 7.91. The van der Waals surface area contributed by atoms with Crippen LogP contribution in [0.2, 0.25) is 0 Å². The van der Waals surface area contributed by atoms with Crippen LogP contribution < -0.4 is 15.4 Å². The zero-order valence-electron chi connectivity index (χ0n) is 14.9. The number of ether oxygens (including phenoxy) is 1. The predicted octanol–water partition coefficient (Wildman–Crippen LogP) is -0.621. The molecule has 1 saturated heterocycles. The highest BCUT2D eigenvalue weighted by atomic mass is 32.2. The highest BCUT2D eigenvalue weighted by Gasteiger charge is 2.24. The minimum atomic E-state index is -3.92. The van der Waals surface area contributed by atoms with Crippen molar-refractivity contribution in [3.05, 3.63) is 23.8 Å². The van der Waals surface area contributed by atoms with Gasteiger partial charge >= 0.3 is 5.97 Å². The Labute approximate surface area is 153 Å². The number of nitrogens with zero attached hydrogens (tertiary/aromatic N) is 2. The summed E-state index contributed by atoms with van der Waals surface area (Å²) in [6, 6.07) is 4.17. The molecule has 1 fully saturated rings. The minimum Gasteiger partial charge on any atom is -0.465 e. The molecular weight excluding hydrogens is 360 g/mol. The van der Waals surface area contributed by atoms with Crippen molar-refractivity contribution in [2.45, 2.75) is 11.8 Å². The zero-order valence-corrected chi connectivity index (χ0v) is 15.7. The van der Waals surface area contributed by atoms with E-state index in [2.05, 4.69) is 5.32 Å². The van der Waals surface area contributed by atoms with Crippen molar-refractivity contribution in [1.82, 2.24) is 10.2 Å². The van der Waals surface area contributed by atoms with E-state index >= 15 is 0 Å². The fourth-order valence-electron chi connectivity index (χ4n) is 2.84. The van der Waals surface area contributed by atoms with E-state index in [-0.39, 0.29) is 16.4 Å². The zero-order chi connectivity index (χ0) is 19.3. The first-order chi connectivity index (χ1) is 12.3. The average molecular weight is 384 g/mol. The summed E-state index contributed by atoms with van der Waals surface area (Å²) in [5.74, 6) is -0.649. The highest BCUT2D eigenvalue weighted by Crippen LogP contribution is 2.25. The second-order valence-corrected chi connectivity index (χ2v) is 7.49. The van der Waals surface area contributed by atoms with Gasteiger partial charge in [0.25, 0.3) is 0 Å². The first-order valence-electron chi connectivity index (χ1n) is 8.25. The Balaban J connectivity index is 2.16. The van der Waals surface area contributed by atoms with Crippen LogP contribution in [-0.4, -0.2) is 71.6 Å². The first kappa shape index (κ1) is 20.1. The molecule has 0 aliphatic carbocycles. The fraction of sp³-hybridized carbons (Fsp3) is 0.500. The van der Waals surface area contributed by atoms with E-state index in [1.807, 2.05) is 16.7 Å². The van der Waals surface area contributed by atoms with Gasteiger partial charge in [0, 0.05) is 32.7 Å². The Morgan fingerprint density at radius 1 is 1.23 bits per heavy atom. The molecule has 0 saturated carbocycles. The Bertz CT molecular complexity index is 773. The Morgan fingerprint density at radius 3 is 2.42 bits per heavy atom. The normalized spacial score (nSPS) is 15.6. The summed E-state index contributed by atoms with van der Waals surface area (Å²) in [6.45, 7) is 5.28. The van der Waals surface area contributed by atoms with Crippen LogP contribution in [0.1, 0.15) is 17.3 Å². The second-order valence-electron chi connectivity index (χ2n) is 5.93. The SMILES string of the molecule is CCNC(=O)CN1CCN(c2ccc(S(N)(=O)=O)cc2C(=O)OC)CC1. The number of likely N-dealkylation sites (N-methyl/N-ethyl adjacent to an activating group) is 1. The summed E-state index contributed by atoms with van der Waals surface area (Å²) in [6.07, 6.45) is 0. The van der Waals surface area contributed by atoms with E-state index in [9.17, 15) is 18.0 Å². The van der Waals surface area contributed by atoms with Gasteiger partial charge in [-0.2, -0.15) is 0 Å². The molecule has 0 atom stereocenters. The quantitative estimate of drug-likeness (QED) is 0.627. The number of nitrogens with two attached hydrogens (primary N) is 1. The summed E-state index contributed by atoms with van der Waals surface area (Å²) in [4.78, 5) is 27.6. The van der Waals surface area contributed by atoms with E-state index in [0.717, 1.165) is 0 Å². The maximum Gasteiger partial charge on any atom is 0.340 e. The van der Waals surface area contributed by atoms with Crippen molar-refractivity contribution in [1.29, 1.82) is 0 Å². The lowest BCUT2D eigenvalue weighted by molar-refractivity contribution is -0.122. The molecule has 0 unspecified atom stereocenters. The predicted molar refractivity (Wildman–Crippen MR) is 96.5 cm³/mol. The molecule has 0 bridgehead atoms. The number of carbonyl (C=O) groups excluding carboxylic acids is 2. The van der Waals surface area contributed by atoms with Gasteiger partial charge in [-0.15, -0.1) is 0 Å². The molecule has 1 heterocycles. The van der Waals surface area contributed by atoms with Crippen LogP contribution in [0, 0.1) is 0 Å². The third kappa shape index (κ3) is 4.93. The van der Waals surface area contributed by atoms with Crippen molar-refractivity contribution in [3.63, 3.8) is 0 Å². The van der Waals surface area contributed by atoms with Gasteiger partial charge in [0.15, 0.2) is 0 Å². The van der Waals surface area contributed by atoms with Crippen molar-refractivity contribution in [2.24, 2.45) is 5.14 Å². The maximum atomic E-state index is 12.1. The Hall–Kier alpha value is -2.17. The molecule has 3 N–H and O–H groups in total. The van der Waals surface area contributed by atoms with E-state index in [1.165, 1.54) is 19.2 Å². The van der Waals surface area contributed by atoms with Gasteiger partial charge in [0.1, 0.15) is 0 Å². The number of rotatable bonds is 6. The number of anilines is 1. The van der Waals surface area contributed by atoms with Crippen LogP contribution >= 0.6 is 0 Å². The van der Waals surface area contributed by atoms with E-state index in [4.69, 9.17) is 9.88 Å². The number of benzene rings is 1. The van der Waals surface area contributed by atoms with Gasteiger partial charge < -0.3 is 15.0 Å². The number of hydrogen-bond acceptors (Lipinski definition) is 7. The Morgan fingerprint density at radius 2 is 1.88 bits per heavy atom. The molecule has 1 aromatic carbocycles. The number of esters is 1. The summed E-state index contributed by atoms with van der Waals surface area (Å²) >= 11 is 0. The lowest BCUT2D eigenvalue weighted by Gasteiger charge is -2.36. The maximum absolute atomic E-state index is 12.1. The number of hydrogen-bond donors (Lipinski definition) is 2. The van der Waals surface area contributed by atoms with Crippen LogP contribution in [0.5, 0.6) is 0 Å². The largest absolute Gasteiger partial charge is 0.465 e. The number of amides is 1. The van der Waals surface area contributed by atoms with Crippen LogP contribution in [0.15, 0.2) is 23.1 Å². The fourth-order valence-corrected chi connectivity index (χ4v) is 3.38. The van der Waals surface area contributed by atoms with Crippen LogP contribution in [0.3, 0.4) is 0 Å². The molecule has 1 amide bonds. The molecule has 1 aliphatic heterocycles. The third-order valence-electron chi connectivity index (χ3n) is 4.16. The van der Waals surface area contributed by atoms with Gasteiger partial charge in [-0.3, -0.25) is 9.69 Å². The van der Waals surface area contributed by atoms with Crippen LogP contribution in [0.25, 0.3) is 0 Å². The number of methoxy groups -OCH3 is 1. The van der Waals surface area contributed by atoms with Crippen molar-refractivity contribution >= 4 is 27.6 Å². The highest BCUT2D eigenvalue weighted by molar-refractivity contribution is 7.89. The van der Waals surface area contributed by atoms with Gasteiger partial charge in [-0.05, 0) is 25.1 Å². The number of nitrogens with one attached hydrogen (secondary N) is 1. The lowest BCUT2D eigenvalue weighted by atomic mass is 10.1. The molecule has 2 rings (SSSR count). The lowest BCUT2D eigenvalue weighted by Crippen LogP contribution is -2.49. The van der Waals surface area contributed by atoms with Gasteiger partial charge in [0.2, 0.25) is 15.9 Å². The average Bonchev–Trinajstić information content (AvgIpc) is 2.60. The monoisotopic (exact) mass is 384 g/mol. The first-order valence-corrected chi connectivity index (χ1v) is 9.80. The summed E-state index contributed by atoms with van der Waals surface area (Å²) in [5.41, 5.74) is 0.734. The standard InChI is InChI=1S/C16H24N4O5S/c1-3-18-15(21)11-19-6-8-20(9-7-19)14-5-4-12(26(17,23)24)10-13(14)16(22)25-2/h4-5,10H,3,6-9,11H2,1-2H3,(H,18,21)(H2,17,23,24). The molecule has 0 aromatic heterocycles. The molecule has 26 heavy (non-hydrogen) atoms. The van der Waals surface area contributed by atoms with Gasteiger partial charge in [-0.25, -0.2) is 18.4 Å². The van der Waals surface area contributed by atoms with E-state index in [1.54, 1.807) is 6.07 Å². The van der Waals surface area contributed by atoms with Crippen molar-refractivity contribution < 1.29 is 22.7 Å². The Kier molecular flexibility index (Phi) is 6.57. The molecule has 1 aromatic rings. The molecule has 10 heteroatoms. The second kappa shape index (κ2) is 8.47. The van der Waals surface area contributed by atoms with Gasteiger partial charge in [-0.1, -0.05) is 0 Å². The number of piperazine rings is 1. The molecular formula is C16H24N4O5S. The summed E-state index contributed by atoms with van der Waals surface area (Å²) in [7, 11) is -2.69. The third-order valence-corrected chi connectivity index (χ3v) is 5.07. The van der Waals surface area contributed by atoms with E-state index < -0.39 is 16.0 Å². The van der Waals surface area contributed by atoms with Crippen molar-refractivity contribution in [2.75, 3.05) is 51.3 Å². The summed E-state index contributed by atoms with van der Waals surface area (Å²) < 4.78 is 27.9. The van der Waals surface area contributed by atoms with Crippen LogP contribution in [0.4, 0.5) is 5.69 Å². The molecule has 144 valence electrons. The smallest absolute Gasteiger partial charge is 0.340 e. The topological polar surface area (TPSA) is 122 Å². The van der Waals surface area contributed by atoms with Crippen molar-refractivity contribution in [3.8, 4) is 0 Å². The molecule has 0 spiro atoms. The van der Waals surface area contributed by atoms with Gasteiger partial charge in [0.05, 0.1) is 29.8 Å². The number of sulfonamides is 1. The van der Waals surface area contributed by atoms with Crippen LogP contribution in [-0.2, 0) is 19.6 Å². The minimum absolute atomic E-state index is 0.0197. The number of carbonyl (C=O) groups is 2. The van der Waals surface area contributed by atoms with E-state index in [0.29, 0.717) is 45.0 Å². The molecule has 0 radical (unpaired) electrons. The molecule has 1 aliphatic rings.